The summed E-state index contributed by atoms with van der Waals surface area (Å²) in [6.07, 6.45) is 0.489. The summed E-state index contributed by atoms with van der Waals surface area (Å²) in [5, 5.41) is 3.34. The number of rotatable bonds is 6. The van der Waals surface area contributed by atoms with Crippen LogP contribution >= 0.6 is 0 Å². The van der Waals surface area contributed by atoms with Crippen molar-refractivity contribution in [3.63, 3.8) is 0 Å². The lowest BCUT2D eigenvalue weighted by molar-refractivity contribution is 0.399. The Morgan fingerprint density at radius 3 is 2.38 bits per heavy atom. The van der Waals surface area contributed by atoms with E-state index in [9.17, 15) is 8.78 Å². The molecular formula is C17H19F2NO. The van der Waals surface area contributed by atoms with Crippen molar-refractivity contribution >= 4 is 0 Å². The maximum absolute atomic E-state index is 13.3. The van der Waals surface area contributed by atoms with E-state index in [1.165, 1.54) is 12.1 Å². The average Bonchev–Trinajstić information content (AvgIpc) is 2.45. The molecule has 0 heterocycles. The molecule has 112 valence electrons. The molecule has 1 unspecified atom stereocenters. The normalized spacial score (nSPS) is 12.2. The Labute approximate surface area is 123 Å². The molecule has 0 aliphatic carbocycles. The summed E-state index contributed by atoms with van der Waals surface area (Å²) in [6, 6.07) is 11.2. The molecule has 2 rings (SSSR count). The summed E-state index contributed by atoms with van der Waals surface area (Å²) >= 11 is 0. The van der Waals surface area contributed by atoms with E-state index in [0.717, 1.165) is 23.9 Å². The molecule has 0 aliphatic rings. The molecule has 0 saturated carbocycles. The molecule has 0 amide bonds. The van der Waals surface area contributed by atoms with Crippen molar-refractivity contribution in [2.75, 3.05) is 13.7 Å². The van der Waals surface area contributed by atoms with Gasteiger partial charge in [-0.15, -0.1) is 0 Å². The van der Waals surface area contributed by atoms with Gasteiger partial charge in [0.25, 0.3) is 0 Å². The van der Waals surface area contributed by atoms with Crippen molar-refractivity contribution in [1.29, 1.82) is 0 Å². The summed E-state index contributed by atoms with van der Waals surface area (Å²) in [5.41, 5.74) is 1.59. The van der Waals surface area contributed by atoms with Crippen molar-refractivity contribution in [3.05, 3.63) is 65.2 Å². The van der Waals surface area contributed by atoms with E-state index in [4.69, 9.17) is 4.74 Å². The third-order valence-corrected chi connectivity index (χ3v) is 3.33. The fourth-order valence-electron chi connectivity index (χ4n) is 2.46. The largest absolute Gasteiger partial charge is 0.496 e. The highest BCUT2D eigenvalue weighted by molar-refractivity contribution is 5.37. The van der Waals surface area contributed by atoms with Gasteiger partial charge in [-0.25, -0.2) is 8.78 Å². The molecule has 2 nitrogen and oxygen atoms in total. The smallest absolute Gasteiger partial charge is 0.126 e. The third-order valence-electron chi connectivity index (χ3n) is 3.33. The first-order chi connectivity index (χ1) is 10.1. The van der Waals surface area contributed by atoms with Crippen LogP contribution < -0.4 is 10.1 Å². The third kappa shape index (κ3) is 4.02. The molecule has 1 atom stereocenters. The first-order valence-corrected chi connectivity index (χ1v) is 6.95. The summed E-state index contributed by atoms with van der Waals surface area (Å²) in [4.78, 5) is 0. The number of ether oxygens (including phenoxy) is 1. The van der Waals surface area contributed by atoms with Crippen LogP contribution in [0.5, 0.6) is 5.75 Å². The van der Waals surface area contributed by atoms with Crippen LogP contribution in [-0.4, -0.2) is 13.7 Å². The van der Waals surface area contributed by atoms with Gasteiger partial charge in [0.2, 0.25) is 0 Å². The molecule has 0 spiro atoms. The molecule has 0 aliphatic heterocycles. The lowest BCUT2D eigenvalue weighted by Crippen LogP contribution is -2.23. The molecular weight excluding hydrogens is 272 g/mol. The van der Waals surface area contributed by atoms with E-state index in [-0.39, 0.29) is 6.04 Å². The van der Waals surface area contributed by atoms with Crippen LogP contribution in [0.15, 0.2) is 42.5 Å². The van der Waals surface area contributed by atoms with E-state index in [1.807, 2.05) is 31.2 Å². The van der Waals surface area contributed by atoms with E-state index < -0.39 is 11.6 Å². The molecule has 1 N–H and O–H groups in total. The Bertz CT molecular complexity index is 581. The van der Waals surface area contributed by atoms with Crippen LogP contribution in [-0.2, 0) is 6.42 Å². The molecule has 21 heavy (non-hydrogen) atoms. The average molecular weight is 291 g/mol. The highest BCUT2D eigenvalue weighted by Gasteiger charge is 2.16. The number of hydrogen-bond donors (Lipinski definition) is 1. The number of para-hydroxylation sites is 1. The number of halogens is 2. The molecule has 0 saturated heterocycles. The Morgan fingerprint density at radius 1 is 1.10 bits per heavy atom. The van der Waals surface area contributed by atoms with Crippen molar-refractivity contribution in [3.8, 4) is 5.75 Å². The quantitative estimate of drug-likeness (QED) is 0.872. The summed E-state index contributed by atoms with van der Waals surface area (Å²) in [7, 11) is 1.61. The van der Waals surface area contributed by atoms with Gasteiger partial charge < -0.3 is 10.1 Å². The van der Waals surface area contributed by atoms with Crippen LogP contribution in [0, 0.1) is 11.6 Å². The first-order valence-electron chi connectivity index (χ1n) is 6.95. The Hall–Kier alpha value is -1.94. The number of benzene rings is 2. The van der Waals surface area contributed by atoms with Gasteiger partial charge in [0.1, 0.15) is 17.4 Å². The Kier molecular flexibility index (Phi) is 5.28. The molecule has 0 aromatic heterocycles. The van der Waals surface area contributed by atoms with E-state index in [1.54, 1.807) is 7.11 Å². The van der Waals surface area contributed by atoms with Crippen LogP contribution in [0.1, 0.15) is 24.1 Å². The van der Waals surface area contributed by atoms with E-state index >= 15 is 0 Å². The number of hydrogen-bond acceptors (Lipinski definition) is 2. The van der Waals surface area contributed by atoms with Crippen molar-refractivity contribution in [1.82, 2.24) is 5.32 Å². The summed E-state index contributed by atoms with van der Waals surface area (Å²) < 4.78 is 32.0. The molecule has 0 radical (unpaired) electrons. The minimum Gasteiger partial charge on any atom is -0.496 e. The van der Waals surface area contributed by atoms with E-state index in [0.29, 0.717) is 12.0 Å². The second-order valence-corrected chi connectivity index (χ2v) is 4.83. The Balaban J connectivity index is 2.30. The Morgan fingerprint density at radius 2 is 1.76 bits per heavy atom. The predicted molar refractivity (Wildman–Crippen MR) is 79.5 cm³/mol. The van der Waals surface area contributed by atoms with Gasteiger partial charge in [0.15, 0.2) is 0 Å². The van der Waals surface area contributed by atoms with Crippen LogP contribution in [0.25, 0.3) is 0 Å². The number of likely N-dealkylation sites (N-methyl/N-ethyl adjacent to an activating group) is 1. The number of methoxy groups -OCH3 is 1. The molecule has 2 aromatic rings. The molecule has 0 fully saturated rings. The SMILES string of the molecule is CCNC(Cc1cc(F)cc(F)c1)c1ccccc1OC. The lowest BCUT2D eigenvalue weighted by atomic mass is 9.97. The van der Waals surface area contributed by atoms with Gasteiger partial charge in [0, 0.05) is 17.7 Å². The molecule has 4 heteroatoms. The van der Waals surface area contributed by atoms with Crippen molar-refractivity contribution < 1.29 is 13.5 Å². The molecule has 0 bridgehead atoms. The minimum atomic E-state index is -0.555. The highest BCUT2D eigenvalue weighted by Crippen LogP contribution is 2.27. The fraction of sp³-hybridized carbons (Fsp3) is 0.294. The lowest BCUT2D eigenvalue weighted by Gasteiger charge is -2.21. The highest BCUT2D eigenvalue weighted by atomic mass is 19.1. The maximum Gasteiger partial charge on any atom is 0.126 e. The minimum absolute atomic E-state index is 0.0626. The summed E-state index contributed by atoms with van der Waals surface area (Å²) in [6.45, 7) is 2.75. The maximum atomic E-state index is 13.3. The standard InChI is InChI=1S/C17H19F2NO/c1-3-20-16(15-6-4-5-7-17(15)21-2)10-12-8-13(18)11-14(19)9-12/h4-9,11,16,20H,3,10H2,1-2H3. The first kappa shape index (κ1) is 15.4. The summed E-state index contributed by atoms with van der Waals surface area (Å²) in [5.74, 6) is -0.346. The van der Waals surface area contributed by atoms with Gasteiger partial charge >= 0.3 is 0 Å². The second-order valence-electron chi connectivity index (χ2n) is 4.83. The van der Waals surface area contributed by atoms with Gasteiger partial charge in [-0.3, -0.25) is 0 Å². The van der Waals surface area contributed by atoms with Gasteiger partial charge in [-0.2, -0.15) is 0 Å². The zero-order chi connectivity index (χ0) is 15.2. The zero-order valence-electron chi connectivity index (χ0n) is 12.2. The monoisotopic (exact) mass is 291 g/mol. The molecule has 2 aromatic carbocycles. The topological polar surface area (TPSA) is 21.3 Å². The van der Waals surface area contributed by atoms with Crippen LogP contribution in [0.2, 0.25) is 0 Å². The predicted octanol–water partition coefficient (Wildman–Crippen LogP) is 3.87. The van der Waals surface area contributed by atoms with Crippen molar-refractivity contribution in [2.45, 2.75) is 19.4 Å². The van der Waals surface area contributed by atoms with Gasteiger partial charge in [-0.05, 0) is 36.7 Å². The van der Waals surface area contributed by atoms with Crippen LogP contribution in [0.4, 0.5) is 8.78 Å². The second kappa shape index (κ2) is 7.18. The van der Waals surface area contributed by atoms with Crippen LogP contribution in [0.3, 0.4) is 0 Å². The van der Waals surface area contributed by atoms with E-state index in [2.05, 4.69) is 5.32 Å². The van der Waals surface area contributed by atoms with Gasteiger partial charge in [0.05, 0.1) is 7.11 Å². The zero-order valence-corrected chi connectivity index (χ0v) is 12.2. The number of nitrogens with one attached hydrogen (secondary N) is 1. The fourth-order valence-corrected chi connectivity index (χ4v) is 2.46. The van der Waals surface area contributed by atoms with Gasteiger partial charge in [-0.1, -0.05) is 25.1 Å². The van der Waals surface area contributed by atoms with Crippen molar-refractivity contribution in [2.24, 2.45) is 0 Å².